The van der Waals surface area contributed by atoms with E-state index in [1.54, 1.807) is 11.3 Å². The van der Waals surface area contributed by atoms with Gasteiger partial charge in [0.1, 0.15) is 0 Å². The molecule has 1 aromatic carbocycles. The molecule has 0 radical (unpaired) electrons. The summed E-state index contributed by atoms with van der Waals surface area (Å²) < 4.78 is 1.29. The van der Waals surface area contributed by atoms with Crippen LogP contribution in [-0.2, 0) is 0 Å². The minimum absolute atomic E-state index is 1.02. The normalized spacial score (nSPS) is 10.9. The molecule has 1 heterocycles. The van der Waals surface area contributed by atoms with E-state index in [4.69, 9.17) is 0 Å². The SMILES string of the molecule is CCN(CC)c1nc2ccc(C)cc2s1. The molecule has 0 aliphatic heterocycles. The van der Waals surface area contributed by atoms with Crippen molar-refractivity contribution in [1.29, 1.82) is 0 Å². The van der Waals surface area contributed by atoms with Crippen LogP contribution in [-0.4, -0.2) is 18.1 Å². The number of thiazole rings is 1. The fourth-order valence-electron chi connectivity index (χ4n) is 1.65. The van der Waals surface area contributed by atoms with E-state index in [0.717, 1.165) is 23.7 Å². The van der Waals surface area contributed by atoms with Gasteiger partial charge in [0.15, 0.2) is 5.13 Å². The Morgan fingerprint density at radius 3 is 2.67 bits per heavy atom. The van der Waals surface area contributed by atoms with Crippen LogP contribution in [0.1, 0.15) is 19.4 Å². The minimum atomic E-state index is 1.02. The second-order valence-electron chi connectivity index (χ2n) is 3.64. The molecule has 80 valence electrons. The maximum absolute atomic E-state index is 4.64. The van der Waals surface area contributed by atoms with Crippen LogP contribution in [0.5, 0.6) is 0 Å². The molecule has 2 aromatic rings. The van der Waals surface area contributed by atoms with Gasteiger partial charge in [0, 0.05) is 13.1 Å². The number of aromatic nitrogens is 1. The van der Waals surface area contributed by atoms with E-state index in [1.807, 2.05) is 0 Å². The van der Waals surface area contributed by atoms with Crippen LogP contribution in [0, 0.1) is 6.92 Å². The van der Waals surface area contributed by atoms with Gasteiger partial charge in [-0.2, -0.15) is 0 Å². The first-order valence-corrected chi connectivity index (χ1v) is 6.18. The van der Waals surface area contributed by atoms with Gasteiger partial charge in [-0.25, -0.2) is 4.98 Å². The van der Waals surface area contributed by atoms with Crippen molar-refractivity contribution in [2.75, 3.05) is 18.0 Å². The number of aryl methyl sites for hydroxylation is 1. The Labute approximate surface area is 94.6 Å². The van der Waals surface area contributed by atoms with Gasteiger partial charge in [-0.1, -0.05) is 17.4 Å². The Morgan fingerprint density at radius 2 is 2.00 bits per heavy atom. The van der Waals surface area contributed by atoms with Crippen LogP contribution in [0.25, 0.3) is 10.2 Å². The number of rotatable bonds is 3. The van der Waals surface area contributed by atoms with Gasteiger partial charge in [-0.3, -0.25) is 0 Å². The maximum atomic E-state index is 4.64. The van der Waals surface area contributed by atoms with Crippen molar-refractivity contribution < 1.29 is 0 Å². The van der Waals surface area contributed by atoms with Crippen molar-refractivity contribution in [3.8, 4) is 0 Å². The molecule has 0 N–H and O–H groups in total. The molecule has 3 heteroatoms. The topological polar surface area (TPSA) is 16.1 Å². The summed E-state index contributed by atoms with van der Waals surface area (Å²) in [4.78, 5) is 6.93. The van der Waals surface area contributed by atoms with Crippen molar-refractivity contribution in [3.63, 3.8) is 0 Å². The number of benzene rings is 1. The van der Waals surface area contributed by atoms with Gasteiger partial charge in [-0.05, 0) is 38.5 Å². The largest absolute Gasteiger partial charge is 0.349 e. The summed E-state index contributed by atoms with van der Waals surface area (Å²) in [6.45, 7) is 8.50. The van der Waals surface area contributed by atoms with Crippen molar-refractivity contribution in [2.45, 2.75) is 20.8 Å². The first kappa shape index (κ1) is 10.4. The summed E-state index contributed by atoms with van der Waals surface area (Å²) in [7, 11) is 0. The quantitative estimate of drug-likeness (QED) is 0.787. The average molecular weight is 220 g/mol. The number of hydrogen-bond donors (Lipinski definition) is 0. The highest BCUT2D eigenvalue weighted by molar-refractivity contribution is 7.22. The van der Waals surface area contributed by atoms with Crippen molar-refractivity contribution >= 4 is 26.7 Å². The fraction of sp³-hybridized carbons (Fsp3) is 0.417. The highest BCUT2D eigenvalue weighted by Gasteiger charge is 2.08. The first-order valence-electron chi connectivity index (χ1n) is 5.36. The molecule has 0 spiro atoms. The van der Waals surface area contributed by atoms with Gasteiger partial charge >= 0.3 is 0 Å². The predicted octanol–water partition coefficient (Wildman–Crippen LogP) is 3.45. The van der Waals surface area contributed by atoms with Crippen LogP contribution in [0.15, 0.2) is 18.2 Å². The molecule has 0 saturated carbocycles. The molecule has 0 atom stereocenters. The van der Waals surface area contributed by atoms with Crippen LogP contribution in [0.3, 0.4) is 0 Å². The second-order valence-corrected chi connectivity index (χ2v) is 4.65. The van der Waals surface area contributed by atoms with E-state index in [1.165, 1.54) is 10.3 Å². The van der Waals surface area contributed by atoms with Crippen molar-refractivity contribution in [3.05, 3.63) is 23.8 Å². The number of hydrogen-bond acceptors (Lipinski definition) is 3. The van der Waals surface area contributed by atoms with Gasteiger partial charge in [-0.15, -0.1) is 0 Å². The Hall–Kier alpha value is -1.09. The molecule has 2 rings (SSSR count). The predicted molar refractivity (Wildman–Crippen MR) is 67.9 cm³/mol. The lowest BCUT2D eigenvalue weighted by molar-refractivity contribution is 0.862. The van der Waals surface area contributed by atoms with Crippen LogP contribution >= 0.6 is 11.3 Å². The molecule has 0 aliphatic carbocycles. The van der Waals surface area contributed by atoms with E-state index in [-0.39, 0.29) is 0 Å². The molecule has 0 bridgehead atoms. The molecule has 0 unspecified atom stereocenters. The van der Waals surface area contributed by atoms with E-state index < -0.39 is 0 Å². The average Bonchev–Trinajstić information content (AvgIpc) is 2.62. The van der Waals surface area contributed by atoms with Gasteiger partial charge in [0.25, 0.3) is 0 Å². The second kappa shape index (κ2) is 4.19. The van der Waals surface area contributed by atoms with E-state index >= 15 is 0 Å². The molecular weight excluding hydrogens is 204 g/mol. The minimum Gasteiger partial charge on any atom is -0.349 e. The summed E-state index contributed by atoms with van der Waals surface area (Å²) in [5, 5.41) is 1.14. The molecule has 15 heavy (non-hydrogen) atoms. The maximum Gasteiger partial charge on any atom is 0.186 e. The Bertz CT molecular complexity index is 458. The lowest BCUT2D eigenvalue weighted by Gasteiger charge is -2.16. The molecule has 2 nitrogen and oxygen atoms in total. The summed E-state index contributed by atoms with van der Waals surface area (Å²) in [6.07, 6.45) is 0. The highest BCUT2D eigenvalue weighted by atomic mass is 32.1. The van der Waals surface area contributed by atoms with E-state index in [0.29, 0.717) is 0 Å². The highest BCUT2D eigenvalue weighted by Crippen LogP contribution is 2.29. The molecular formula is C12H16N2S. The van der Waals surface area contributed by atoms with Gasteiger partial charge < -0.3 is 4.90 Å². The summed E-state index contributed by atoms with van der Waals surface area (Å²) >= 11 is 1.78. The van der Waals surface area contributed by atoms with E-state index in [9.17, 15) is 0 Å². The number of anilines is 1. The summed E-state index contributed by atoms with van der Waals surface area (Å²) in [5.74, 6) is 0. The monoisotopic (exact) mass is 220 g/mol. The smallest absolute Gasteiger partial charge is 0.186 e. The zero-order valence-corrected chi connectivity index (χ0v) is 10.3. The third kappa shape index (κ3) is 1.97. The summed E-state index contributed by atoms with van der Waals surface area (Å²) in [6, 6.07) is 6.43. The van der Waals surface area contributed by atoms with Gasteiger partial charge in [0.05, 0.1) is 10.2 Å². The molecule has 1 aromatic heterocycles. The summed E-state index contributed by atoms with van der Waals surface area (Å²) in [5.41, 5.74) is 2.42. The van der Waals surface area contributed by atoms with Crippen molar-refractivity contribution in [1.82, 2.24) is 4.98 Å². The fourth-order valence-corrected chi connectivity index (χ4v) is 2.84. The first-order chi connectivity index (χ1) is 7.24. The molecule has 0 aliphatic rings. The molecule has 0 saturated heterocycles. The molecule has 0 fully saturated rings. The zero-order chi connectivity index (χ0) is 10.8. The third-order valence-corrected chi connectivity index (χ3v) is 3.65. The number of fused-ring (bicyclic) bond motifs is 1. The van der Waals surface area contributed by atoms with Crippen LogP contribution < -0.4 is 4.90 Å². The lowest BCUT2D eigenvalue weighted by Crippen LogP contribution is -2.21. The molecule has 0 amide bonds. The Kier molecular flexibility index (Phi) is 2.91. The van der Waals surface area contributed by atoms with Crippen molar-refractivity contribution in [2.24, 2.45) is 0 Å². The van der Waals surface area contributed by atoms with Crippen LogP contribution in [0.2, 0.25) is 0 Å². The standard InChI is InChI=1S/C12H16N2S/c1-4-14(5-2)12-13-10-7-6-9(3)8-11(10)15-12/h6-8H,4-5H2,1-3H3. The van der Waals surface area contributed by atoms with Gasteiger partial charge in [0.2, 0.25) is 0 Å². The van der Waals surface area contributed by atoms with Crippen LogP contribution in [0.4, 0.5) is 5.13 Å². The lowest BCUT2D eigenvalue weighted by atomic mass is 10.2. The number of nitrogens with zero attached hydrogens (tertiary/aromatic N) is 2. The Balaban J connectivity index is 2.46. The zero-order valence-electron chi connectivity index (χ0n) is 9.45. The Morgan fingerprint density at radius 1 is 1.27 bits per heavy atom. The van der Waals surface area contributed by atoms with E-state index in [2.05, 4.69) is 48.9 Å². The third-order valence-electron chi connectivity index (χ3n) is 2.57.